The molecular weight excluding hydrogens is 221 g/mol. The summed E-state index contributed by atoms with van der Waals surface area (Å²) in [5, 5.41) is 9.05. The molecule has 0 heterocycles. The van der Waals surface area contributed by atoms with Crippen LogP contribution in [0.3, 0.4) is 0 Å². The van der Waals surface area contributed by atoms with Crippen molar-refractivity contribution < 1.29 is 14.3 Å². The van der Waals surface area contributed by atoms with E-state index in [2.05, 4.69) is 6.92 Å². The topological polar surface area (TPSA) is 40.5 Å². The number of hydrogen-bond donors (Lipinski definition) is 1. The summed E-state index contributed by atoms with van der Waals surface area (Å²) in [6.07, 6.45) is 1.14. The molecule has 0 spiro atoms. The highest BCUT2D eigenvalue weighted by Gasteiger charge is 2.34. The van der Waals surface area contributed by atoms with Gasteiger partial charge in [-0.05, 0) is 30.4 Å². The molecule has 1 saturated carbocycles. The molecule has 0 aliphatic heterocycles. The Labute approximate surface area is 99.9 Å². The molecule has 1 aliphatic carbocycles. The van der Waals surface area contributed by atoms with Crippen molar-refractivity contribution in [3.8, 4) is 0 Å². The summed E-state index contributed by atoms with van der Waals surface area (Å²) in [5.74, 6) is -0.338. The maximum atomic E-state index is 13.7. The van der Waals surface area contributed by atoms with Gasteiger partial charge in [0.2, 0.25) is 0 Å². The SMILES string of the molecule is CC1CC1CN(C)c1c(F)cccc1C(=O)O. The van der Waals surface area contributed by atoms with Crippen LogP contribution in [0.1, 0.15) is 23.7 Å². The van der Waals surface area contributed by atoms with Gasteiger partial charge in [-0.3, -0.25) is 0 Å². The molecule has 2 rings (SSSR count). The Balaban J connectivity index is 2.26. The molecule has 1 aliphatic rings. The van der Waals surface area contributed by atoms with Gasteiger partial charge >= 0.3 is 5.97 Å². The lowest BCUT2D eigenvalue weighted by Gasteiger charge is -2.21. The van der Waals surface area contributed by atoms with E-state index in [9.17, 15) is 9.18 Å². The molecule has 0 bridgehead atoms. The zero-order valence-corrected chi connectivity index (χ0v) is 9.98. The smallest absolute Gasteiger partial charge is 0.337 e. The number of nitrogens with zero attached hydrogens (tertiary/aromatic N) is 1. The van der Waals surface area contributed by atoms with Crippen LogP contribution in [0.15, 0.2) is 18.2 Å². The van der Waals surface area contributed by atoms with Crippen LogP contribution in [0.4, 0.5) is 10.1 Å². The fourth-order valence-corrected chi connectivity index (χ4v) is 2.17. The number of carbonyl (C=O) groups is 1. The molecule has 17 heavy (non-hydrogen) atoms. The van der Waals surface area contributed by atoms with Crippen LogP contribution in [0.25, 0.3) is 0 Å². The van der Waals surface area contributed by atoms with E-state index in [1.165, 1.54) is 18.2 Å². The normalized spacial score (nSPS) is 22.3. The summed E-state index contributed by atoms with van der Waals surface area (Å²) in [7, 11) is 1.75. The standard InChI is InChI=1S/C13H16FNO2/c1-8-6-9(8)7-15(2)12-10(13(16)17)4-3-5-11(12)14/h3-5,8-9H,6-7H2,1-2H3,(H,16,17). The molecule has 2 atom stereocenters. The Morgan fingerprint density at radius 3 is 2.76 bits per heavy atom. The van der Waals surface area contributed by atoms with Crippen molar-refractivity contribution in [2.24, 2.45) is 11.8 Å². The van der Waals surface area contributed by atoms with Crippen molar-refractivity contribution in [2.45, 2.75) is 13.3 Å². The van der Waals surface area contributed by atoms with Crippen molar-refractivity contribution in [3.63, 3.8) is 0 Å². The van der Waals surface area contributed by atoms with Gasteiger partial charge in [0.15, 0.2) is 0 Å². The molecule has 1 N–H and O–H groups in total. The van der Waals surface area contributed by atoms with E-state index in [0.717, 1.165) is 6.42 Å². The summed E-state index contributed by atoms with van der Waals surface area (Å²) in [6, 6.07) is 4.16. The number of carboxylic acids is 1. The Morgan fingerprint density at radius 1 is 1.59 bits per heavy atom. The fourth-order valence-electron chi connectivity index (χ4n) is 2.17. The van der Waals surface area contributed by atoms with E-state index in [-0.39, 0.29) is 11.3 Å². The second kappa shape index (κ2) is 4.35. The largest absolute Gasteiger partial charge is 0.478 e. The highest BCUT2D eigenvalue weighted by molar-refractivity contribution is 5.94. The molecular formula is C13H16FNO2. The fraction of sp³-hybridized carbons (Fsp3) is 0.462. The first-order valence-electron chi connectivity index (χ1n) is 5.73. The van der Waals surface area contributed by atoms with E-state index >= 15 is 0 Å². The number of hydrogen-bond acceptors (Lipinski definition) is 2. The van der Waals surface area contributed by atoms with Gasteiger partial charge in [-0.1, -0.05) is 13.0 Å². The molecule has 2 unspecified atom stereocenters. The quantitative estimate of drug-likeness (QED) is 0.875. The first-order chi connectivity index (χ1) is 8.00. The van der Waals surface area contributed by atoms with Crippen molar-refractivity contribution >= 4 is 11.7 Å². The van der Waals surface area contributed by atoms with Crippen molar-refractivity contribution in [1.29, 1.82) is 0 Å². The number of carboxylic acid groups (broad SMARTS) is 1. The first kappa shape index (κ1) is 11.9. The highest BCUT2D eigenvalue weighted by atomic mass is 19.1. The number of benzene rings is 1. The number of anilines is 1. The third-order valence-electron chi connectivity index (χ3n) is 3.38. The van der Waals surface area contributed by atoms with Gasteiger partial charge in [0.1, 0.15) is 5.82 Å². The molecule has 3 nitrogen and oxygen atoms in total. The van der Waals surface area contributed by atoms with Gasteiger partial charge in [-0.25, -0.2) is 9.18 Å². The average Bonchev–Trinajstić information content (AvgIpc) is 2.93. The van der Waals surface area contributed by atoms with Gasteiger partial charge < -0.3 is 10.0 Å². The lowest BCUT2D eigenvalue weighted by atomic mass is 10.1. The zero-order chi connectivity index (χ0) is 12.6. The third kappa shape index (κ3) is 2.40. The third-order valence-corrected chi connectivity index (χ3v) is 3.38. The minimum Gasteiger partial charge on any atom is -0.478 e. The monoisotopic (exact) mass is 237 g/mol. The highest BCUT2D eigenvalue weighted by Crippen LogP contribution is 2.39. The van der Waals surface area contributed by atoms with Gasteiger partial charge in [-0.15, -0.1) is 0 Å². The van der Waals surface area contributed by atoms with Gasteiger partial charge in [-0.2, -0.15) is 0 Å². The maximum absolute atomic E-state index is 13.7. The molecule has 0 radical (unpaired) electrons. The molecule has 1 aromatic carbocycles. The summed E-state index contributed by atoms with van der Waals surface area (Å²) in [5.41, 5.74) is 0.222. The second-order valence-electron chi connectivity index (χ2n) is 4.79. The van der Waals surface area contributed by atoms with Gasteiger partial charge in [0, 0.05) is 13.6 Å². The van der Waals surface area contributed by atoms with E-state index in [4.69, 9.17) is 5.11 Å². The molecule has 1 aromatic rings. The van der Waals surface area contributed by atoms with Crippen molar-refractivity contribution in [1.82, 2.24) is 0 Å². The molecule has 4 heteroatoms. The van der Waals surface area contributed by atoms with E-state index in [1.54, 1.807) is 11.9 Å². The summed E-state index contributed by atoms with van der Waals surface area (Å²) in [4.78, 5) is 12.8. The predicted molar refractivity (Wildman–Crippen MR) is 63.9 cm³/mol. The van der Waals surface area contributed by atoms with Crippen LogP contribution >= 0.6 is 0 Å². The Kier molecular flexibility index (Phi) is 3.05. The van der Waals surface area contributed by atoms with E-state index < -0.39 is 11.8 Å². The zero-order valence-electron chi connectivity index (χ0n) is 9.98. The molecule has 0 saturated heterocycles. The van der Waals surface area contributed by atoms with Crippen LogP contribution in [-0.4, -0.2) is 24.7 Å². The van der Waals surface area contributed by atoms with Crippen molar-refractivity contribution in [3.05, 3.63) is 29.6 Å². The Hall–Kier alpha value is -1.58. The van der Waals surface area contributed by atoms with Gasteiger partial charge in [0.05, 0.1) is 11.3 Å². The predicted octanol–water partition coefficient (Wildman–Crippen LogP) is 2.62. The first-order valence-corrected chi connectivity index (χ1v) is 5.73. The lowest BCUT2D eigenvalue weighted by molar-refractivity contribution is 0.0697. The number of aromatic carboxylic acids is 1. The van der Waals surface area contributed by atoms with Crippen LogP contribution in [0, 0.1) is 17.7 Å². The summed E-state index contributed by atoms with van der Waals surface area (Å²) < 4.78 is 13.7. The summed E-state index contributed by atoms with van der Waals surface area (Å²) in [6.45, 7) is 2.86. The van der Waals surface area contributed by atoms with Crippen LogP contribution in [0.2, 0.25) is 0 Å². The van der Waals surface area contributed by atoms with E-state index in [0.29, 0.717) is 18.4 Å². The lowest BCUT2D eigenvalue weighted by Crippen LogP contribution is -2.24. The number of rotatable bonds is 4. The van der Waals surface area contributed by atoms with Crippen LogP contribution in [-0.2, 0) is 0 Å². The van der Waals surface area contributed by atoms with E-state index in [1.807, 2.05) is 0 Å². The van der Waals surface area contributed by atoms with Crippen LogP contribution < -0.4 is 4.90 Å². The Morgan fingerprint density at radius 2 is 2.24 bits per heavy atom. The number of halogens is 1. The Bertz CT molecular complexity index is 447. The average molecular weight is 237 g/mol. The maximum Gasteiger partial charge on any atom is 0.337 e. The second-order valence-corrected chi connectivity index (χ2v) is 4.79. The molecule has 0 aromatic heterocycles. The summed E-state index contributed by atoms with van der Waals surface area (Å²) >= 11 is 0. The van der Waals surface area contributed by atoms with Crippen molar-refractivity contribution in [2.75, 3.05) is 18.5 Å². The molecule has 1 fully saturated rings. The molecule has 92 valence electrons. The molecule has 0 amide bonds. The minimum atomic E-state index is -1.09. The van der Waals surface area contributed by atoms with Crippen LogP contribution in [0.5, 0.6) is 0 Å². The minimum absolute atomic E-state index is 0.0285. The van der Waals surface area contributed by atoms with Gasteiger partial charge in [0.25, 0.3) is 0 Å². The number of para-hydroxylation sites is 1.